The van der Waals surface area contributed by atoms with Gasteiger partial charge in [-0.1, -0.05) is 0 Å². The number of aromatic nitrogens is 2. The normalized spacial score (nSPS) is 10.7. The predicted octanol–water partition coefficient (Wildman–Crippen LogP) is 1.96. The molecule has 0 saturated heterocycles. The predicted molar refractivity (Wildman–Crippen MR) is 76.4 cm³/mol. The standard InChI is InChI=1S/C14H17N3O4/c1-9-13(8-18)10(2)16(15-9)7-11-6-12(17(19)20)4-5-14(11)21-3/h4-6,18H,7-8H2,1-3H3. The molecule has 0 radical (unpaired) electrons. The summed E-state index contributed by atoms with van der Waals surface area (Å²) in [5.41, 5.74) is 3.04. The first-order chi connectivity index (χ1) is 9.97. The van der Waals surface area contributed by atoms with Crippen molar-refractivity contribution in [2.45, 2.75) is 27.0 Å². The van der Waals surface area contributed by atoms with Crippen molar-refractivity contribution in [3.63, 3.8) is 0 Å². The number of benzene rings is 1. The molecule has 21 heavy (non-hydrogen) atoms. The van der Waals surface area contributed by atoms with Gasteiger partial charge in [0.2, 0.25) is 0 Å². The van der Waals surface area contributed by atoms with Crippen LogP contribution >= 0.6 is 0 Å². The van der Waals surface area contributed by atoms with Gasteiger partial charge in [-0.05, 0) is 19.9 Å². The van der Waals surface area contributed by atoms with Crippen LogP contribution in [-0.4, -0.2) is 26.9 Å². The van der Waals surface area contributed by atoms with Crippen LogP contribution in [0.3, 0.4) is 0 Å². The Hall–Kier alpha value is -2.41. The lowest BCUT2D eigenvalue weighted by molar-refractivity contribution is -0.384. The van der Waals surface area contributed by atoms with Crippen LogP contribution in [0.1, 0.15) is 22.5 Å². The zero-order chi connectivity index (χ0) is 15.6. The van der Waals surface area contributed by atoms with Gasteiger partial charge in [0.1, 0.15) is 5.75 Å². The number of nitrogens with zero attached hydrogens (tertiary/aromatic N) is 3. The minimum atomic E-state index is -0.441. The number of methoxy groups -OCH3 is 1. The van der Waals surface area contributed by atoms with E-state index in [0.29, 0.717) is 17.9 Å². The van der Waals surface area contributed by atoms with E-state index in [-0.39, 0.29) is 12.3 Å². The van der Waals surface area contributed by atoms with Crippen LogP contribution < -0.4 is 4.74 Å². The number of rotatable bonds is 5. The minimum Gasteiger partial charge on any atom is -0.496 e. The van der Waals surface area contributed by atoms with Gasteiger partial charge in [0.15, 0.2) is 0 Å². The topological polar surface area (TPSA) is 90.4 Å². The van der Waals surface area contributed by atoms with Crippen LogP contribution in [-0.2, 0) is 13.2 Å². The Morgan fingerprint density at radius 2 is 2.14 bits per heavy atom. The molecule has 1 aromatic carbocycles. The molecule has 0 aliphatic carbocycles. The fourth-order valence-electron chi connectivity index (χ4n) is 2.28. The first kappa shape index (κ1) is 15.0. The summed E-state index contributed by atoms with van der Waals surface area (Å²) in [6.07, 6.45) is 0. The van der Waals surface area contributed by atoms with Gasteiger partial charge < -0.3 is 9.84 Å². The van der Waals surface area contributed by atoms with Gasteiger partial charge in [0.25, 0.3) is 5.69 Å². The number of nitro groups is 1. The Balaban J connectivity index is 2.43. The van der Waals surface area contributed by atoms with Crippen LogP contribution in [0.5, 0.6) is 5.75 Å². The second-order valence-corrected chi connectivity index (χ2v) is 4.72. The fraction of sp³-hybridized carbons (Fsp3) is 0.357. The zero-order valence-corrected chi connectivity index (χ0v) is 12.2. The molecule has 0 bridgehead atoms. The molecule has 0 unspecified atom stereocenters. The first-order valence-corrected chi connectivity index (χ1v) is 6.43. The number of non-ortho nitro benzene ring substituents is 1. The van der Waals surface area contributed by atoms with Crippen molar-refractivity contribution in [1.29, 1.82) is 0 Å². The molecule has 1 aromatic heterocycles. The Bertz CT molecular complexity index is 679. The lowest BCUT2D eigenvalue weighted by atomic mass is 10.1. The average Bonchev–Trinajstić information content (AvgIpc) is 2.72. The van der Waals surface area contributed by atoms with E-state index in [1.807, 2.05) is 13.8 Å². The lowest BCUT2D eigenvalue weighted by Gasteiger charge is -2.10. The van der Waals surface area contributed by atoms with Crippen molar-refractivity contribution in [2.75, 3.05) is 7.11 Å². The average molecular weight is 291 g/mol. The quantitative estimate of drug-likeness (QED) is 0.671. The number of aryl methyl sites for hydroxylation is 1. The maximum atomic E-state index is 10.9. The highest BCUT2D eigenvalue weighted by molar-refractivity contribution is 5.44. The van der Waals surface area contributed by atoms with Crippen LogP contribution in [0.15, 0.2) is 18.2 Å². The van der Waals surface area contributed by atoms with Crippen molar-refractivity contribution in [2.24, 2.45) is 0 Å². The molecule has 0 amide bonds. The third-order valence-electron chi connectivity index (χ3n) is 3.48. The maximum absolute atomic E-state index is 10.9. The summed E-state index contributed by atoms with van der Waals surface area (Å²) < 4.78 is 6.95. The molecule has 1 N–H and O–H groups in total. The van der Waals surface area contributed by atoms with E-state index in [1.165, 1.54) is 19.2 Å². The van der Waals surface area contributed by atoms with Crippen LogP contribution in [0, 0.1) is 24.0 Å². The summed E-state index contributed by atoms with van der Waals surface area (Å²) in [7, 11) is 1.52. The number of hydrogen-bond acceptors (Lipinski definition) is 5. The van der Waals surface area contributed by atoms with Gasteiger partial charge in [-0.2, -0.15) is 5.10 Å². The van der Waals surface area contributed by atoms with E-state index in [0.717, 1.165) is 17.0 Å². The lowest BCUT2D eigenvalue weighted by Crippen LogP contribution is -2.06. The molecular formula is C14H17N3O4. The molecule has 0 atom stereocenters. The van der Waals surface area contributed by atoms with Crippen molar-refractivity contribution in [3.05, 3.63) is 50.8 Å². The Labute approximate surface area is 121 Å². The number of ether oxygens (including phenoxy) is 1. The van der Waals surface area contributed by atoms with Gasteiger partial charge >= 0.3 is 0 Å². The molecule has 7 nitrogen and oxygen atoms in total. The maximum Gasteiger partial charge on any atom is 0.270 e. The van der Waals surface area contributed by atoms with Gasteiger partial charge in [-0.25, -0.2) is 0 Å². The van der Waals surface area contributed by atoms with Crippen molar-refractivity contribution in [1.82, 2.24) is 9.78 Å². The zero-order valence-electron chi connectivity index (χ0n) is 12.2. The van der Waals surface area contributed by atoms with Gasteiger partial charge in [-0.3, -0.25) is 14.8 Å². The second kappa shape index (κ2) is 5.92. The highest BCUT2D eigenvalue weighted by Gasteiger charge is 2.15. The van der Waals surface area contributed by atoms with E-state index in [1.54, 1.807) is 10.7 Å². The molecule has 2 rings (SSSR count). The Morgan fingerprint density at radius 1 is 1.43 bits per heavy atom. The Morgan fingerprint density at radius 3 is 2.67 bits per heavy atom. The molecule has 1 heterocycles. The molecule has 7 heteroatoms. The van der Waals surface area contributed by atoms with E-state index in [2.05, 4.69) is 5.10 Å². The SMILES string of the molecule is COc1ccc([N+](=O)[O-])cc1Cn1nc(C)c(CO)c1C. The molecule has 0 saturated carbocycles. The summed E-state index contributed by atoms with van der Waals surface area (Å²) in [5.74, 6) is 0.568. The fourth-order valence-corrected chi connectivity index (χ4v) is 2.28. The van der Waals surface area contributed by atoms with Crippen molar-refractivity contribution >= 4 is 5.69 Å². The molecule has 0 aliphatic rings. The third kappa shape index (κ3) is 2.87. The summed E-state index contributed by atoms with van der Waals surface area (Å²) in [4.78, 5) is 10.4. The summed E-state index contributed by atoms with van der Waals surface area (Å²) in [5, 5.41) is 24.6. The summed E-state index contributed by atoms with van der Waals surface area (Å²) >= 11 is 0. The number of nitro benzene ring substituents is 1. The van der Waals surface area contributed by atoms with Crippen LogP contribution in [0.25, 0.3) is 0 Å². The largest absolute Gasteiger partial charge is 0.496 e. The molecule has 112 valence electrons. The summed E-state index contributed by atoms with van der Waals surface area (Å²) in [6.45, 7) is 3.94. The van der Waals surface area contributed by atoms with Gasteiger partial charge in [0, 0.05) is 29.0 Å². The van der Waals surface area contributed by atoms with Gasteiger partial charge in [-0.15, -0.1) is 0 Å². The molecule has 0 fully saturated rings. The van der Waals surface area contributed by atoms with E-state index in [9.17, 15) is 15.2 Å². The van der Waals surface area contributed by atoms with Crippen molar-refractivity contribution < 1.29 is 14.8 Å². The number of hydrogen-bond donors (Lipinski definition) is 1. The second-order valence-electron chi connectivity index (χ2n) is 4.72. The van der Waals surface area contributed by atoms with Crippen molar-refractivity contribution in [3.8, 4) is 5.75 Å². The number of aliphatic hydroxyl groups is 1. The van der Waals surface area contributed by atoms with E-state index < -0.39 is 4.92 Å². The third-order valence-corrected chi connectivity index (χ3v) is 3.48. The van der Waals surface area contributed by atoms with Crippen LogP contribution in [0.4, 0.5) is 5.69 Å². The van der Waals surface area contributed by atoms with Gasteiger partial charge in [0.05, 0.1) is 30.9 Å². The monoisotopic (exact) mass is 291 g/mol. The summed E-state index contributed by atoms with van der Waals surface area (Å²) in [6, 6.07) is 4.46. The smallest absolute Gasteiger partial charge is 0.270 e. The molecule has 0 aliphatic heterocycles. The van der Waals surface area contributed by atoms with E-state index >= 15 is 0 Å². The highest BCUT2D eigenvalue weighted by atomic mass is 16.6. The first-order valence-electron chi connectivity index (χ1n) is 6.43. The van der Waals surface area contributed by atoms with Crippen LogP contribution in [0.2, 0.25) is 0 Å². The molecular weight excluding hydrogens is 274 g/mol. The Kier molecular flexibility index (Phi) is 4.23. The minimum absolute atomic E-state index is 0.00899. The molecule has 2 aromatic rings. The van der Waals surface area contributed by atoms with E-state index in [4.69, 9.17) is 4.74 Å². The number of aliphatic hydroxyl groups excluding tert-OH is 1. The highest BCUT2D eigenvalue weighted by Crippen LogP contribution is 2.25. The molecule has 0 spiro atoms.